The summed E-state index contributed by atoms with van der Waals surface area (Å²) in [5.41, 5.74) is 2.54. The first kappa shape index (κ1) is 19.7. The number of thiophene rings is 1. The molecule has 0 unspecified atom stereocenters. The zero-order valence-electron chi connectivity index (χ0n) is 15.1. The number of hydrogen-bond donors (Lipinski definition) is 1. The Kier molecular flexibility index (Phi) is 5.75. The summed E-state index contributed by atoms with van der Waals surface area (Å²) < 4.78 is 25.3. The summed E-state index contributed by atoms with van der Waals surface area (Å²) in [6, 6.07) is 8.47. The molecule has 0 atom stereocenters. The van der Waals surface area contributed by atoms with Crippen molar-refractivity contribution in [3.8, 4) is 10.6 Å². The number of thiazole rings is 1. The number of benzene rings is 1. The van der Waals surface area contributed by atoms with Crippen LogP contribution in [0, 0.1) is 6.92 Å². The summed E-state index contributed by atoms with van der Waals surface area (Å²) in [4.78, 5) is 17.8. The molecule has 9 heteroatoms. The van der Waals surface area contributed by atoms with Crippen molar-refractivity contribution in [1.82, 2.24) is 14.6 Å². The van der Waals surface area contributed by atoms with Crippen LogP contribution in [0.1, 0.15) is 20.9 Å². The standard InChI is InChI=1S/C18H19N3O3S3/c1-12-16(26-18(20-12)14-8-9-25-11-14)17(22)19-10-13-4-6-15(7-5-13)27(23,24)21(2)3/h4-9,11H,10H2,1-3H3,(H,19,22). The quantitative estimate of drug-likeness (QED) is 0.662. The molecule has 1 aromatic carbocycles. The lowest BCUT2D eigenvalue weighted by Crippen LogP contribution is -2.23. The maximum absolute atomic E-state index is 12.5. The number of nitrogens with zero attached hydrogens (tertiary/aromatic N) is 2. The number of amides is 1. The van der Waals surface area contributed by atoms with Crippen LogP contribution in [0.25, 0.3) is 10.6 Å². The van der Waals surface area contributed by atoms with Crippen molar-refractivity contribution in [1.29, 1.82) is 0 Å². The number of hydrogen-bond acceptors (Lipinski definition) is 6. The molecule has 2 aromatic heterocycles. The van der Waals surface area contributed by atoms with Crippen molar-refractivity contribution < 1.29 is 13.2 Å². The minimum absolute atomic E-state index is 0.184. The number of rotatable bonds is 6. The molecule has 0 aliphatic rings. The second kappa shape index (κ2) is 7.89. The Morgan fingerprint density at radius 1 is 1.19 bits per heavy atom. The van der Waals surface area contributed by atoms with Crippen molar-refractivity contribution in [3.05, 3.63) is 57.2 Å². The average molecular weight is 422 g/mol. The van der Waals surface area contributed by atoms with Gasteiger partial charge in [0.1, 0.15) is 9.88 Å². The van der Waals surface area contributed by atoms with Crippen molar-refractivity contribution in [3.63, 3.8) is 0 Å². The second-order valence-corrected chi connectivity index (χ2v) is 9.99. The zero-order chi connectivity index (χ0) is 19.6. The maximum atomic E-state index is 12.5. The van der Waals surface area contributed by atoms with Crippen molar-refractivity contribution in [2.75, 3.05) is 14.1 Å². The summed E-state index contributed by atoms with van der Waals surface area (Å²) in [6.45, 7) is 2.13. The molecule has 1 amide bonds. The smallest absolute Gasteiger partial charge is 0.263 e. The Morgan fingerprint density at radius 2 is 1.89 bits per heavy atom. The molecule has 2 heterocycles. The van der Waals surface area contributed by atoms with Crippen LogP contribution in [0.5, 0.6) is 0 Å². The highest BCUT2D eigenvalue weighted by Crippen LogP contribution is 2.29. The lowest BCUT2D eigenvalue weighted by molar-refractivity contribution is 0.0954. The molecule has 0 radical (unpaired) electrons. The van der Waals surface area contributed by atoms with Crippen LogP contribution in [-0.4, -0.2) is 37.7 Å². The third-order valence-electron chi connectivity index (χ3n) is 3.93. The van der Waals surface area contributed by atoms with Gasteiger partial charge < -0.3 is 5.32 Å². The van der Waals surface area contributed by atoms with Gasteiger partial charge in [0.15, 0.2) is 0 Å². The van der Waals surface area contributed by atoms with Gasteiger partial charge in [-0.3, -0.25) is 4.79 Å². The number of aromatic nitrogens is 1. The van der Waals surface area contributed by atoms with Crippen molar-refractivity contribution in [2.45, 2.75) is 18.4 Å². The average Bonchev–Trinajstić information content (AvgIpc) is 3.29. The summed E-state index contributed by atoms with van der Waals surface area (Å²) in [6.07, 6.45) is 0. The minimum atomic E-state index is -3.45. The van der Waals surface area contributed by atoms with E-state index >= 15 is 0 Å². The number of aryl methyl sites for hydroxylation is 1. The molecule has 142 valence electrons. The molecule has 1 N–H and O–H groups in total. The first-order valence-electron chi connectivity index (χ1n) is 8.08. The molecule has 3 aromatic rings. The molecule has 0 bridgehead atoms. The number of nitrogens with one attached hydrogen (secondary N) is 1. The van der Waals surface area contributed by atoms with Gasteiger partial charge in [-0.25, -0.2) is 17.7 Å². The summed E-state index contributed by atoms with van der Waals surface area (Å²) in [5, 5.41) is 7.68. The minimum Gasteiger partial charge on any atom is -0.347 e. The molecular formula is C18H19N3O3S3. The predicted molar refractivity (Wildman–Crippen MR) is 109 cm³/mol. The molecule has 0 fully saturated rings. The van der Waals surface area contributed by atoms with E-state index < -0.39 is 10.0 Å². The molecule has 0 saturated carbocycles. The van der Waals surface area contributed by atoms with E-state index in [4.69, 9.17) is 0 Å². The predicted octanol–water partition coefficient (Wildman–Crippen LogP) is 3.36. The third-order valence-corrected chi connectivity index (χ3v) is 7.64. The van der Waals surface area contributed by atoms with Crippen LogP contribution in [0.4, 0.5) is 0 Å². The topological polar surface area (TPSA) is 79.4 Å². The molecule has 3 rings (SSSR count). The van der Waals surface area contributed by atoms with E-state index in [-0.39, 0.29) is 10.8 Å². The molecule has 0 saturated heterocycles. The van der Waals surface area contributed by atoms with E-state index in [1.807, 2.05) is 23.8 Å². The second-order valence-electron chi connectivity index (χ2n) is 6.06. The van der Waals surface area contributed by atoms with E-state index in [1.165, 1.54) is 29.7 Å². The molecule has 0 aliphatic carbocycles. The Hall–Kier alpha value is -2.07. The third kappa shape index (κ3) is 4.27. The van der Waals surface area contributed by atoms with Crippen molar-refractivity contribution >= 4 is 38.6 Å². The molecule has 6 nitrogen and oxygen atoms in total. The van der Waals surface area contributed by atoms with E-state index in [1.54, 1.807) is 35.6 Å². The van der Waals surface area contributed by atoms with Crippen LogP contribution < -0.4 is 5.32 Å². The fourth-order valence-corrected chi connectivity index (χ4v) is 4.97. The number of carbonyl (C=O) groups is 1. The van der Waals surface area contributed by atoms with Gasteiger partial charge in [-0.2, -0.15) is 11.3 Å². The van der Waals surface area contributed by atoms with Gasteiger partial charge in [0.2, 0.25) is 10.0 Å². The van der Waals surface area contributed by atoms with Crippen LogP contribution in [0.2, 0.25) is 0 Å². The largest absolute Gasteiger partial charge is 0.347 e. The highest BCUT2D eigenvalue weighted by Gasteiger charge is 2.18. The molecule has 27 heavy (non-hydrogen) atoms. The lowest BCUT2D eigenvalue weighted by atomic mass is 10.2. The van der Waals surface area contributed by atoms with E-state index in [0.717, 1.165) is 16.1 Å². The summed E-state index contributed by atoms with van der Waals surface area (Å²) >= 11 is 2.96. The van der Waals surface area contributed by atoms with Gasteiger partial charge in [-0.1, -0.05) is 12.1 Å². The zero-order valence-corrected chi connectivity index (χ0v) is 17.5. The fourth-order valence-electron chi connectivity index (χ4n) is 2.37. The first-order valence-corrected chi connectivity index (χ1v) is 11.3. The Labute approximate surface area is 166 Å². The van der Waals surface area contributed by atoms with Gasteiger partial charge in [0.25, 0.3) is 5.91 Å². The summed E-state index contributed by atoms with van der Waals surface area (Å²) in [7, 11) is -0.470. The van der Waals surface area contributed by atoms with Gasteiger partial charge >= 0.3 is 0 Å². The Morgan fingerprint density at radius 3 is 2.48 bits per heavy atom. The normalized spacial score (nSPS) is 11.7. The Bertz CT molecular complexity index is 1040. The molecule has 0 aliphatic heterocycles. The van der Waals surface area contributed by atoms with E-state index in [2.05, 4.69) is 10.3 Å². The molecular weight excluding hydrogens is 402 g/mol. The maximum Gasteiger partial charge on any atom is 0.263 e. The van der Waals surface area contributed by atoms with E-state index in [0.29, 0.717) is 17.1 Å². The van der Waals surface area contributed by atoms with E-state index in [9.17, 15) is 13.2 Å². The highest BCUT2D eigenvalue weighted by atomic mass is 32.2. The number of carbonyl (C=O) groups excluding carboxylic acids is 1. The van der Waals surface area contributed by atoms with Gasteiger partial charge in [-0.05, 0) is 36.1 Å². The highest BCUT2D eigenvalue weighted by molar-refractivity contribution is 7.89. The van der Waals surface area contributed by atoms with Gasteiger partial charge in [-0.15, -0.1) is 11.3 Å². The number of sulfonamides is 1. The fraction of sp³-hybridized carbons (Fsp3) is 0.222. The van der Waals surface area contributed by atoms with Crippen molar-refractivity contribution in [2.24, 2.45) is 0 Å². The van der Waals surface area contributed by atoms with Crippen LogP contribution in [0.15, 0.2) is 46.0 Å². The summed E-state index contributed by atoms with van der Waals surface area (Å²) in [5.74, 6) is -0.184. The van der Waals surface area contributed by atoms with Crippen LogP contribution in [-0.2, 0) is 16.6 Å². The van der Waals surface area contributed by atoms with Crippen LogP contribution in [0.3, 0.4) is 0 Å². The van der Waals surface area contributed by atoms with Gasteiger partial charge in [0, 0.05) is 31.6 Å². The first-order chi connectivity index (χ1) is 12.8. The SMILES string of the molecule is Cc1nc(-c2ccsc2)sc1C(=O)NCc1ccc(S(=O)(=O)N(C)C)cc1. The van der Waals surface area contributed by atoms with Crippen LogP contribution >= 0.6 is 22.7 Å². The Balaban J connectivity index is 1.68. The molecule has 0 spiro atoms. The van der Waals surface area contributed by atoms with Gasteiger partial charge in [0.05, 0.1) is 10.6 Å². The lowest BCUT2D eigenvalue weighted by Gasteiger charge is -2.11. The monoisotopic (exact) mass is 421 g/mol.